The molecule has 3 aromatic rings. The molecule has 0 aliphatic heterocycles. The first-order valence-corrected chi connectivity index (χ1v) is 10.1. The summed E-state index contributed by atoms with van der Waals surface area (Å²) in [5.74, 6) is 1.54. The fourth-order valence-corrected chi connectivity index (χ4v) is 3.52. The van der Waals surface area contributed by atoms with Crippen molar-refractivity contribution in [2.45, 2.75) is 11.8 Å². The van der Waals surface area contributed by atoms with Gasteiger partial charge in [-0.05, 0) is 55.5 Å². The molecule has 0 atom stereocenters. The number of rotatable bonds is 8. The monoisotopic (exact) mass is 399 g/mol. The van der Waals surface area contributed by atoms with Crippen LogP contribution in [0.1, 0.15) is 6.92 Å². The lowest BCUT2D eigenvalue weighted by Crippen LogP contribution is -2.13. The molecule has 0 aliphatic rings. The predicted octanol–water partition coefficient (Wildman–Crippen LogP) is 4.03. The summed E-state index contributed by atoms with van der Waals surface area (Å²) in [5.41, 5.74) is 1.49. The lowest BCUT2D eigenvalue weighted by molar-refractivity contribution is 0.340. The van der Waals surface area contributed by atoms with E-state index < -0.39 is 10.0 Å². The first-order valence-electron chi connectivity index (χ1n) is 8.63. The van der Waals surface area contributed by atoms with Gasteiger partial charge < -0.3 is 14.8 Å². The highest BCUT2D eigenvalue weighted by Crippen LogP contribution is 2.27. The first kappa shape index (κ1) is 19.5. The van der Waals surface area contributed by atoms with Crippen LogP contribution in [0, 0.1) is 0 Å². The number of ether oxygens (including phenoxy) is 2. The molecule has 7 nitrogen and oxygen atoms in total. The Morgan fingerprint density at radius 3 is 2.39 bits per heavy atom. The van der Waals surface area contributed by atoms with Crippen LogP contribution >= 0.6 is 0 Å². The molecule has 0 aliphatic carbocycles. The van der Waals surface area contributed by atoms with Gasteiger partial charge in [0.1, 0.15) is 17.3 Å². The van der Waals surface area contributed by atoms with Crippen molar-refractivity contribution >= 4 is 27.2 Å². The summed E-state index contributed by atoms with van der Waals surface area (Å²) < 4.78 is 38.1. The van der Waals surface area contributed by atoms with Crippen molar-refractivity contribution in [2.75, 3.05) is 23.8 Å². The molecule has 8 heteroatoms. The van der Waals surface area contributed by atoms with Gasteiger partial charge >= 0.3 is 0 Å². The van der Waals surface area contributed by atoms with E-state index >= 15 is 0 Å². The van der Waals surface area contributed by atoms with Crippen molar-refractivity contribution < 1.29 is 17.9 Å². The number of aromatic nitrogens is 1. The molecule has 0 spiro atoms. The molecule has 0 radical (unpaired) electrons. The molecule has 0 saturated carbocycles. The Morgan fingerprint density at radius 1 is 1.00 bits per heavy atom. The minimum atomic E-state index is -3.74. The van der Waals surface area contributed by atoms with Crippen LogP contribution in [0.15, 0.2) is 71.8 Å². The summed E-state index contributed by atoms with van der Waals surface area (Å²) in [7, 11) is -2.14. The summed E-state index contributed by atoms with van der Waals surface area (Å²) in [6.07, 6.45) is 1.54. The third kappa shape index (κ3) is 4.72. The maximum Gasteiger partial charge on any atom is 0.263 e. The third-order valence-electron chi connectivity index (χ3n) is 3.83. The largest absolute Gasteiger partial charge is 0.495 e. The number of para-hydroxylation sites is 2. The van der Waals surface area contributed by atoms with Crippen molar-refractivity contribution in [2.24, 2.45) is 0 Å². The zero-order valence-electron chi connectivity index (χ0n) is 15.5. The highest BCUT2D eigenvalue weighted by atomic mass is 32.2. The molecule has 2 N–H and O–H groups in total. The summed E-state index contributed by atoms with van der Waals surface area (Å²) in [5, 5.41) is 3.18. The Morgan fingerprint density at radius 2 is 1.75 bits per heavy atom. The van der Waals surface area contributed by atoms with E-state index in [4.69, 9.17) is 9.47 Å². The smallest absolute Gasteiger partial charge is 0.263 e. The average molecular weight is 399 g/mol. The van der Waals surface area contributed by atoms with Crippen LogP contribution < -0.4 is 19.5 Å². The molecule has 2 aromatic carbocycles. The van der Waals surface area contributed by atoms with E-state index in [0.29, 0.717) is 23.8 Å². The quantitative estimate of drug-likeness (QED) is 0.594. The molecule has 28 heavy (non-hydrogen) atoms. The molecule has 0 fully saturated rings. The van der Waals surface area contributed by atoms with Crippen LogP contribution in [-0.4, -0.2) is 27.1 Å². The van der Waals surface area contributed by atoms with Gasteiger partial charge in [0.25, 0.3) is 10.0 Å². The van der Waals surface area contributed by atoms with E-state index in [2.05, 4.69) is 15.0 Å². The van der Waals surface area contributed by atoms with Gasteiger partial charge in [0, 0.05) is 0 Å². The van der Waals surface area contributed by atoms with Gasteiger partial charge in [-0.2, -0.15) is 0 Å². The molecule has 1 heterocycles. The zero-order valence-corrected chi connectivity index (χ0v) is 16.4. The van der Waals surface area contributed by atoms with Gasteiger partial charge in [-0.1, -0.05) is 12.1 Å². The highest BCUT2D eigenvalue weighted by molar-refractivity contribution is 7.92. The molecule has 0 unspecified atom stereocenters. The molecule has 0 bridgehead atoms. The van der Waals surface area contributed by atoms with Crippen LogP contribution in [0.25, 0.3) is 0 Å². The SMILES string of the molecule is CCOc1ccc(S(=O)(=O)Nc2ccc(Nc3ccccc3OC)cn2)cc1. The second kappa shape index (κ2) is 8.62. The number of nitrogens with one attached hydrogen (secondary N) is 2. The number of benzene rings is 2. The molecule has 1 aromatic heterocycles. The normalized spacial score (nSPS) is 10.9. The Hall–Kier alpha value is -3.26. The first-order chi connectivity index (χ1) is 13.5. The van der Waals surface area contributed by atoms with Crippen molar-refractivity contribution in [3.8, 4) is 11.5 Å². The second-order valence-electron chi connectivity index (χ2n) is 5.77. The Balaban J connectivity index is 1.71. The zero-order chi connectivity index (χ0) is 20.0. The van der Waals surface area contributed by atoms with Gasteiger partial charge in [-0.25, -0.2) is 13.4 Å². The fourth-order valence-electron chi connectivity index (χ4n) is 2.51. The van der Waals surface area contributed by atoms with Crippen LogP contribution in [0.2, 0.25) is 0 Å². The minimum absolute atomic E-state index is 0.133. The summed E-state index contributed by atoms with van der Waals surface area (Å²) in [4.78, 5) is 4.30. The van der Waals surface area contributed by atoms with Gasteiger partial charge in [-0.15, -0.1) is 0 Å². The van der Waals surface area contributed by atoms with Crippen LogP contribution in [0.4, 0.5) is 17.2 Å². The second-order valence-corrected chi connectivity index (χ2v) is 7.45. The third-order valence-corrected chi connectivity index (χ3v) is 5.20. The Labute approximate surface area is 164 Å². The highest BCUT2D eigenvalue weighted by Gasteiger charge is 2.15. The molecule has 0 saturated heterocycles. The summed E-state index contributed by atoms with van der Waals surface area (Å²) >= 11 is 0. The average Bonchev–Trinajstić information content (AvgIpc) is 2.70. The molecular weight excluding hydrogens is 378 g/mol. The van der Waals surface area contributed by atoms with Gasteiger partial charge in [0.15, 0.2) is 0 Å². The number of pyridine rings is 1. The number of methoxy groups -OCH3 is 1. The topological polar surface area (TPSA) is 89.6 Å². The maximum absolute atomic E-state index is 12.5. The van der Waals surface area contributed by atoms with Gasteiger partial charge in [0.05, 0.1) is 36.2 Å². The lowest BCUT2D eigenvalue weighted by Gasteiger charge is -2.12. The summed E-state index contributed by atoms with van der Waals surface area (Å²) in [6, 6.07) is 17.0. The number of hydrogen-bond acceptors (Lipinski definition) is 6. The standard InChI is InChI=1S/C20H21N3O4S/c1-3-27-16-9-11-17(12-10-16)28(24,25)23-20-13-8-15(14-21-20)22-18-6-4-5-7-19(18)26-2/h4-14,22H,3H2,1-2H3,(H,21,23). The number of nitrogens with zero attached hydrogens (tertiary/aromatic N) is 1. The van der Waals surface area contributed by atoms with Crippen LogP contribution in [0.3, 0.4) is 0 Å². The van der Waals surface area contributed by atoms with Gasteiger partial charge in [-0.3, -0.25) is 4.72 Å². The number of anilines is 3. The van der Waals surface area contributed by atoms with Crippen molar-refractivity contribution in [3.63, 3.8) is 0 Å². The summed E-state index contributed by atoms with van der Waals surface area (Å²) in [6.45, 7) is 2.38. The number of sulfonamides is 1. The van der Waals surface area contributed by atoms with E-state index in [-0.39, 0.29) is 10.7 Å². The van der Waals surface area contributed by atoms with Crippen molar-refractivity contribution in [1.82, 2.24) is 4.98 Å². The minimum Gasteiger partial charge on any atom is -0.495 e. The Bertz CT molecular complexity index is 1020. The van der Waals surface area contributed by atoms with Crippen molar-refractivity contribution in [1.29, 1.82) is 0 Å². The lowest BCUT2D eigenvalue weighted by atomic mass is 10.3. The van der Waals surface area contributed by atoms with E-state index in [1.165, 1.54) is 12.1 Å². The maximum atomic E-state index is 12.5. The fraction of sp³-hybridized carbons (Fsp3) is 0.150. The van der Waals surface area contributed by atoms with Crippen molar-refractivity contribution in [3.05, 3.63) is 66.9 Å². The van der Waals surface area contributed by atoms with Crippen LogP contribution in [-0.2, 0) is 10.0 Å². The number of hydrogen-bond donors (Lipinski definition) is 2. The van der Waals surface area contributed by atoms with E-state index in [0.717, 1.165) is 5.69 Å². The van der Waals surface area contributed by atoms with E-state index in [1.54, 1.807) is 37.6 Å². The Kier molecular flexibility index (Phi) is 6.00. The molecule has 146 valence electrons. The predicted molar refractivity (Wildman–Crippen MR) is 109 cm³/mol. The van der Waals surface area contributed by atoms with Crippen LogP contribution in [0.5, 0.6) is 11.5 Å². The molecule has 3 rings (SSSR count). The van der Waals surface area contributed by atoms with Gasteiger partial charge in [0.2, 0.25) is 0 Å². The van der Waals surface area contributed by atoms with E-state index in [9.17, 15) is 8.42 Å². The van der Waals surface area contributed by atoms with E-state index in [1.807, 2.05) is 31.2 Å². The molecule has 0 amide bonds. The molecular formula is C20H21N3O4S.